The molecule has 0 aromatic heterocycles. The van der Waals surface area contributed by atoms with Crippen molar-refractivity contribution in [2.24, 2.45) is 0 Å². The molecule has 1 aliphatic rings. The molecule has 0 fully saturated rings. The average molecular weight is 770 g/mol. The van der Waals surface area contributed by atoms with Crippen LogP contribution in [0.1, 0.15) is 217 Å². The fourth-order valence-corrected chi connectivity index (χ4v) is 8.37. The van der Waals surface area contributed by atoms with Crippen LogP contribution in [-0.4, -0.2) is 4.70 Å². The molecule has 2 aromatic rings. The second-order valence-electron chi connectivity index (χ2n) is 15.6. The predicted octanol–water partition coefficient (Wildman–Crippen LogP) is 17.3. The van der Waals surface area contributed by atoms with E-state index >= 15 is 0 Å². The van der Waals surface area contributed by atoms with Crippen molar-refractivity contribution < 1.29 is 19.1 Å². The van der Waals surface area contributed by atoms with Gasteiger partial charge < -0.3 is 5.53 Å². The third-order valence-electron chi connectivity index (χ3n) is 10.6. The van der Waals surface area contributed by atoms with Gasteiger partial charge in [0.05, 0.1) is 0 Å². The first-order valence-electron chi connectivity index (χ1n) is 22.7. The second-order valence-corrected chi connectivity index (χ2v) is 17.0. The van der Waals surface area contributed by atoms with Gasteiger partial charge in [0, 0.05) is 22.8 Å². The van der Waals surface area contributed by atoms with Crippen LogP contribution in [0.3, 0.4) is 0 Å². The molecule has 2 nitrogen and oxygen atoms in total. The molecular weight excluding hydrogens is 687 g/mol. The average Bonchev–Trinajstić information content (AvgIpc) is 3.51. The van der Waals surface area contributed by atoms with Crippen molar-refractivity contribution in [2.45, 2.75) is 219 Å². The molecule has 53 heavy (non-hydrogen) atoms. The standard InChI is InChI=1S/C32H44N2.2C9H19.Ni/c1-4-7-10-11-12-13-18-30-25-31(28-22-20-26(21-23-28)15-8-5-2)34(33)32(30)29-19-14-17-27(24-29)16-9-6-3;2*1-3-5-7-9-8-6-4-2;/h14,17,19-25H,4-13,15-16,18H2,1-3H3;2*1,3-9H2,2H3;. The van der Waals surface area contributed by atoms with E-state index in [2.05, 4.69) is 89.2 Å². The zero-order valence-electron chi connectivity index (χ0n) is 35.4. The first-order chi connectivity index (χ1) is 26.1. The summed E-state index contributed by atoms with van der Waals surface area (Å²) in [7, 11) is 0. The zero-order valence-corrected chi connectivity index (χ0v) is 36.4. The Labute approximate surface area is 335 Å². The molecule has 0 spiro atoms. The van der Waals surface area contributed by atoms with Crippen molar-refractivity contribution in [1.82, 2.24) is 0 Å². The number of benzene rings is 2. The van der Waals surface area contributed by atoms with Crippen LogP contribution in [0.5, 0.6) is 0 Å². The van der Waals surface area contributed by atoms with Gasteiger partial charge >= 0.3 is 129 Å². The SMILES string of the molecule is CCCCCCCCC1=C(c2cccc(CCCC)c2)[N+](=[N-])C(c2ccc(CCCC)cc2)=C1.CCCCCCCC[CH2][Ni][CH2]CCCCCCCC. The molecule has 3 rings (SSSR count). The third kappa shape index (κ3) is 21.0. The van der Waals surface area contributed by atoms with Crippen molar-refractivity contribution in [1.29, 1.82) is 0 Å². The Balaban J connectivity index is 0.000000436. The number of aryl methyl sites for hydroxylation is 2. The zero-order chi connectivity index (χ0) is 38.2. The normalized spacial score (nSPS) is 12.8. The summed E-state index contributed by atoms with van der Waals surface area (Å²) in [6, 6.07) is 17.6. The van der Waals surface area contributed by atoms with Crippen LogP contribution in [0.25, 0.3) is 16.9 Å². The maximum absolute atomic E-state index is 11.4. The number of hydrogen-bond donors (Lipinski definition) is 0. The monoisotopic (exact) mass is 769 g/mol. The topological polar surface area (TPSA) is 25.3 Å². The second kappa shape index (κ2) is 32.3. The van der Waals surface area contributed by atoms with E-state index in [0.29, 0.717) is 0 Å². The molecule has 2 aromatic carbocycles. The first-order valence-corrected chi connectivity index (χ1v) is 24.1. The number of unbranched alkanes of at least 4 members (excludes halogenated alkanes) is 19. The van der Waals surface area contributed by atoms with Crippen LogP contribution in [0.4, 0.5) is 0 Å². The van der Waals surface area contributed by atoms with Gasteiger partial charge in [-0.3, -0.25) is 0 Å². The molecule has 302 valence electrons. The Morgan fingerprint density at radius 3 is 1.45 bits per heavy atom. The van der Waals surface area contributed by atoms with Crippen molar-refractivity contribution in [3.8, 4) is 0 Å². The Hall–Kier alpha value is -1.99. The van der Waals surface area contributed by atoms with Crippen LogP contribution in [0.2, 0.25) is 10.8 Å². The van der Waals surface area contributed by atoms with E-state index in [-0.39, 0.29) is 0 Å². The Bertz CT molecular complexity index is 1240. The van der Waals surface area contributed by atoms with Gasteiger partial charge in [-0.05, 0) is 73.9 Å². The Morgan fingerprint density at radius 2 is 0.925 bits per heavy atom. The maximum atomic E-state index is 11.4. The van der Waals surface area contributed by atoms with Crippen LogP contribution >= 0.6 is 0 Å². The summed E-state index contributed by atoms with van der Waals surface area (Å²) in [5, 5.41) is 2.85. The molecular formula is C50H82N2Ni. The number of rotatable bonds is 31. The fourth-order valence-electron chi connectivity index (χ4n) is 7.14. The van der Waals surface area contributed by atoms with Crippen molar-refractivity contribution in [2.75, 3.05) is 0 Å². The molecule has 0 unspecified atom stereocenters. The van der Waals surface area contributed by atoms with Crippen molar-refractivity contribution in [3.63, 3.8) is 0 Å². The van der Waals surface area contributed by atoms with Gasteiger partial charge in [0.25, 0.3) is 0 Å². The molecule has 0 radical (unpaired) electrons. The molecule has 0 bridgehead atoms. The Morgan fingerprint density at radius 1 is 0.453 bits per heavy atom. The summed E-state index contributed by atoms with van der Waals surface area (Å²) in [5.74, 6) is 0. The van der Waals surface area contributed by atoms with Crippen molar-refractivity contribution in [3.05, 3.63) is 88.0 Å². The van der Waals surface area contributed by atoms with Gasteiger partial charge in [0.15, 0.2) is 0 Å². The molecule has 0 saturated heterocycles. The summed E-state index contributed by atoms with van der Waals surface area (Å²) in [6.45, 7) is 11.3. The van der Waals surface area contributed by atoms with Crippen molar-refractivity contribution >= 4 is 11.4 Å². The Kier molecular flexibility index (Phi) is 28.7. The van der Waals surface area contributed by atoms with E-state index in [0.717, 1.165) is 41.8 Å². The van der Waals surface area contributed by atoms with Gasteiger partial charge in [-0.2, -0.15) is 0 Å². The van der Waals surface area contributed by atoms with E-state index in [1.54, 1.807) is 0 Å². The molecule has 0 atom stereocenters. The number of allylic oxidation sites excluding steroid dienone is 2. The fraction of sp³-hybridized carbons (Fsp3) is 0.680. The van der Waals surface area contributed by atoms with E-state index in [9.17, 15) is 5.53 Å². The molecule has 1 aliphatic heterocycles. The van der Waals surface area contributed by atoms with Gasteiger partial charge in [-0.1, -0.05) is 90.0 Å². The summed E-state index contributed by atoms with van der Waals surface area (Å²) < 4.78 is 1.45. The number of nitrogens with zero attached hydrogens (tertiary/aromatic N) is 2. The van der Waals surface area contributed by atoms with Crippen LogP contribution in [0, 0.1) is 0 Å². The van der Waals surface area contributed by atoms with Gasteiger partial charge in [-0.25, -0.2) is 4.70 Å². The predicted molar refractivity (Wildman–Crippen MR) is 232 cm³/mol. The van der Waals surface area contributed by atoms with Gasteiger partial charge in [0.2, 0.25) is 11.4 Å². The summed E-state index contributed by atoms with van der Waals surface area (Å²) in [5.41, 5.74) is 19.5. The van der Waals surface area contributed by atoms with E-state index in [4.69, 9.17) is 0 Å². The van der Waals surface area contributed by atoms with Crippen LogP contribution < -0.4 is 0 Å². The minimum absolute atomic E-state index is 0.900. The van der Waals surface area contributed by atoms with Gasteiger partial charge in [-0.15, -0.1) is 0 Å². The quantitative estimate of drug-likeness (QED) is 0.0415. The third-order valence-corrected chi connectivity index (χ3v) is 12.0. The molecule has 0 saturated carbocycles. The summed E-state index contributed by atoms with van der Waals surface area (Å²) >= 11 is 2.01. The van der Waals surface area contributed by atoms with E-state index in [1.165, 1.54) is 186 Å². The van der Waals surface area contributed by atoms with Crippen LogP contribution in [0.15, 0.2) is 60.2 Å². The summed E-state index contributed by atoms with van der Waals surface area (Å²) in [6.07, 6.45) is 38.3. The molecule has 1 heterocycles. The van der Waals surface area contributed by atoms with Gasteiger partial charge in [0.1, 0.15) is 0 Å². The van der Waals surface area contributed by atoms with E-state index < -0.39 is 0 Å². The first kappa shape index (κ1) is 47.2. The molecule has 0 amide bonds. The number of hydrogen-bond acceptors (Lipinski definition) is 0. The molecule has 0 N–H and O–H groups in total. The van der Waals surface area contributed by atoms with E-state index in [1.807, 2.05) is 14.4 Å². The summed E-state index contributed by atoms with van der Waals surface area (Å²) in [4.78, 5) is 0. The van der Waals surface area contributed by atoms with Crippen LogP contribution in [-0.2, 0) is 27.3 Å². The minimum atomic E-state index is 0.900. The molecule has 3 heteroatoms. The molecule has 0 aliphatic carbocycles.